The first-order valence-corrected chi connectivity index (χ1v) is 5.93. The van der Waals surface area contributed by atoms with Crippen LogP contribution in [0.5, 0.6) is 0 Å². The number of nitrogens with two attached hydrogens (primary N) is 1. The van der Waals surface area contributed by atoms with Gasteiger partial charge in [-0.15, -0.1) is 0 Å². The molecule has 0 radical (unpaired) electrons. The first-order valence-electron chi connectivity index (χ1n) is 5.93. The number of hydrogen-bond acceptors (Lipinski definition) is 3. The monoisotopic (exact) mass is 249 g/mol. The normalized spacial score (nSPS) is 15.9. The Morgan fingerprint density at radius 1 is 0.789 bits per heavy atom. The van der Waals surface area contributed by atoms with Crippen molar-refractivity contribution in [2.75, 3.05) is 5.73 Å². The predicted molar refractivity (Wildman–Crippen MR) is 74.5 cm³/mol. The van der Waals surface area contributed by atoms with Crippen molar-refractivity contribution >= 4 is 28.9 Å². The lowest BCUT2D eigenvalue weighted by molar-refractivity contribution is -0.109. The fourth-order valence-corrected chi connectivity index (χ4v) is 2.22. The zero-order chi connectivity index (χ0) is 13.4. The summed E-state index contributed by atoms with van der Waals surface area (Å²) in [4.78, 5) is 23.9. The Labute approximate surface area is 110 Å². The molecule has 92 valence electrons. The summed E-state index contributed by atoms with van der Waals surface area (Å²) in [6, 6.07) is 14.3. The first kappa shape index (κ1) is 11.4. The van der Waals surface area contributed by atoms with E-state index in [9.17, 15) is 9.59 Å². The van der Waals surface area contributed by atoms with E-state index in [1.165, 1.54) is 0 Å². The lowest BCUT2D eigenvalue weighted by Crippen LogP contribution is -2.05. The molecule has 0 aliphatic heterocycles. The maximum Gasteiger partial charge on any atom is 0.234 e. The number of nitrogen functional groups attached to an aromatic ring is 1. The largest absolute Gasteiger partial charge is 0.398 e. The number of carbonyl (C=O) groups is 2. The lowest BCUT2D eigenvalue weighted by atomic mass is 10.0. The van der Waals surface area contributed by atoms with Crippen molar-refractivity contribution < 1.29 is 9.59 Å². The Kier molecular flexibility index (Phi) is 2.53. The Hall–Kier alpha value is -2.68. The van der Waals surface area contributed by atoms with E-state index >= 15 is 0 Å². The Balaban J connectivity index is 2.19. The summed E-state index contributed by atoms with van der Waals surface area (Å²) in [5.74, 6) is -0.916. The second-order valence-electron chi connectivity index (χ2n) is 4.39. The third-order valence-electron chi connectivity index (χ3n) is 3.21. The number of ketones is 2. The number of anilines is 1. The number of hydrogen-bond donors (Lipinski definition) is 1. The lowest BCUT2D eigenvalue weighted by Gasteiger charge is -2.01. The number of fused-ring (bicyclic) bond motifs is 1. The van der Waals surface area contributed by atoms with Crippen molar-refractivity contribution in [2.24, 2.45) is 0 Å². The van der Waals surface area contributed by atoms with E-state index in [1.54, 1.807) is 30.3 Å². The highest BCUT2D eigenvalue weighted by molar-refractivity contribution is 6.64. The number of benzene rings is 2. The molecule has 0 fully saturated rings. The van der Waals surface area contributed by atoms with Crippen LogP contribution in [0.1, 0.15) is 21.5 Å². The van der Waals surface area contributed by atoms with E-state index in [0.717, 1.165) is 5.56 Å². The molecular weight excluding hydrogens is 238 g/mol. The van der Waals surface area contributed by atoms with Crippen LogP contribution in [0.25, 0.3) is 11.6 Å². The summed E-state index contributed by atoms with van der Waals surface area (Å²) in [5.41, 5.74) is 8.75. The average Bonchev–Trinajstić information content (AvgIpc) is 2.67. The Morgan fingerprint density at radius 2 is 1.42 bits per heavy atom. The highest BCUT2D eigenvalue weighted by Gasteiger charge is 2.32. The molecule has 2 aromatic carbocycles. The van der Waals surface area contributed by atoms with Gasteiger partial charge in [-0.25, -0.2) is 0 Å². The van der Waals surface area contributed by atoms with Gasteiger partial charge in [0.1, 0.15) is 0 Å². The zero-order valence-corrected chi connectivity index (χ0v) is 10.1. The maximum atomic E-state index is 12.0. The molecule has 1 aliphatic carbocycles. The van der Waals surface area contributed by atoms with Crippen LogP contribution >= 0.6 is 0 Å². The summed E-state index contributed by atoms with van der Waals surface area (Å²) in [6.45, 7) is 0. The van der Waals surface area contributed by atoms with Crippen LogP contribution in [0.4, 0.5) is 5.69 Å². The molecule has 0 unspecified atom stereocenters. The van der Waals surface area contributed by atoms with Crippen LogP contribution in [0, 0.1) is 0 Å². The van der Waals surface area contributed by atoms with Crippen molar-refractivity contribution in [1.29, 1.82) is 0 Å². The van der Waals surface area contributed by atoms with Crippen molar-refractivity contribution in [3.8, 4) is 0 Å². The fourth-order valence-electron chi connectivity index (χ4n) is 2.22. The van der Waals surface area contributed by atoms with Gasteiger partial charge in [-0.05, 0) is 23.3 Å². The number of allylic oxidation sites excluding steroid dienone is 1. The topological polar surface area (TPSA) is 60.2 Å². The number of rotatable bonds is 1. The van der Waals surface area contributed by atoms with E-state index in [4.69, 9.17) is 5.73 Å². The van der Waals surface area contributed by atoms with Crippen LogP contribution < -0.4 is 5.73 Å². The fraction of sp³-hybridized carbons (Fsp3) is 0. The molecular formula is C16H11NO2. The molecule has 0 saturated heterocycles. The first-order chi connectivity index (χ1) is 9.18. The second-order valence-corrected chi connectivity index (χ2v) is 4.39. The van der Waals surface area contributed by atoms with E-state index in [1.807, 2.05) is 24.3 Å². The van der Waals surface area contributed by atoms with E-state index in [2.05, 4.69) is 0 Å². The minimum atomic E-state index is -0.468. The number of carbonyl (C=O) groups excluding carboxylic acids is 2. The summed E-state index contributed by atoms with van der Waals surface area (Å²) in [7, 11) is 0. The number of para-hydroxylation sites is 1. The molecule has 3 nitrogen and oxygen atoms in total. The summed E-state index contributed by atoms with van der Waals surface area (Å²) in [5, 5.41) is 0. The Bertz CT molecular complexity index is 729. The van der Waals surface area contributed by atoms with E-state index in [-0.39, 0.29) is 0 Å². The molecule has 2 aromatic rings. The number of Topliss-reactive ketones (excluding diaryl/α,β-unsaturated/α-hetero) is 2. The molecule has 0 bridgehead atoms. The highest BCUT2D eigenvalue weighted by atomic mass is 16.2. The van der Waals surface area contributed by atoms with Gasteiger partial charge in [0.05, 0.1) is 0 Å². The summed E-state index contributed by atoms with van der Waals surface area (Å²) < 4.78 is 0. The van der Waals surface area contributed by atoms with Gasteiger partial charge in [-0.1, -0.05) is 42.5 Å². The summed E-state index contributed by atoms with van der Waals surface area (Å²) >= 11 is 0. The molecule has 19 heavy (non-hydrogen) atoms. The molecule has 0 aromatic heterocycles. The molecule has 0 heterocycles. The SMILES string of the molecule is Nc1ccccc1/C=C1\C(=O)C(=O)c2ccccc21. The maximum absolute atomic E-state index is 12.0. The van der Waals surface area contributed by atoms with Crippen LogP contribution in [0.2, 0.25) is 0 Å². The van der Waals surface area contributed by atoms with Crippen LogP contribution in [-0.4, -0.2) is 11.6 Å². The quantitative estimate of drug-likeness (QED) is 0.480. The standard InChI is InChI=1S/C16H11NO2/c17-14-8-4-1-5-10(14)9-13-11-6-2-3-7-12(11)15(18)16(13)19/h1-9H,17H2/b13-9-. The van der Waals surface area contributed by atoms with Gasteiger partial charge in [-0.3, -0.25) is 9.59 Å². The van der Waals surface area contributed by atoms with E-state index < -0.39 is 11.6 Å². The average molecular weight is 249 g/mol. The van der Waals surface area contributed by atoms with Gasteiger partial charge in [0, 0.05) is 16.8 Å². The van der Waals surface area contributed by atoms with Gasteiger partial charge in [0.25, 0.3) is 0 Å². The van der Waals surface area contributed by atoms with Crippen LogP contribution in [0.15, 0.2) is 48.5 Å². The van der Waals surface area contributed by atoms with Crippen molar-refractivity contribution in [2.45, 2.75) is 0 Å². The van der Waals surface area contributed by atoms with Crippen LogP contribution in [0.3, 0.4) is 0 Å². The van der Waals surface area contributed by atoms with Crippen molar-refractivity contribution in [3.05, 3.63) is 65.2 Å². The van der Waals surface area contributed by atoms with Crippen molar-refractivity contribution in [3.63, 3.8) is 0 Å². The minimum Gasteiger partial charge on any atom is -0.398 e. The van der Waals surface area contributed by atoms with Gasteiger partial charge >= 0.3 is 0 Å². The van der Waals surface area contributed by atoms with E-state index in [0.29, 0.717) is 22.4 Å². The smallest absolute Gasteiger partial charge is 0.234 e. The molecule has 2 N–H and O–H groups in total. The van der Waals surface area contributed by atoms with Crippen molar-refractivity contribution in [1.82, 2.24) is 0 Å². The third-order valence-corrected chi connectivity index (χ3v) is 3.21. The molecule has 1 aliphatic rings. The molecule has 0 amide bonds. The van der Waals surface area contributed by atoms with Crippen LogP contribution in [-0.2, 0) is 4.79 Å². The highest BCUT2D eigenvalue weighted by Crippen LogP contribution is 2.31. The minimum absolute atomic E-state index is 0.415. The molecule has 0 spiro atoms. The second kappa shape index (κ2) is 4.21. The predicted octanol–water partition coefficient (Wildman–Crippen LogP) is 2.57. The third kappa shape index (κ3) is 1.76. The molecule has 0 atom stereocenters. The molecule has 3 heteroatoms. The van der Waals surface area contributed by atoms with Gasteiger partial charge in [0.2, 0.25) is 11.6 Å². The zero-order valence-electron chi connectivity index (χ0n) is 10.1. The van der Waals surface area contributed by atoms with Gasteiger partial charge in [0.15, 0.2) is 0 Å². The summed E-state index contributed by atoms with van der Waals surface area (Å²) in [6.07, 6.45) is 1.68. The van der Waals surface area contributed by atoms with Gasteiger partial charge in [-0.2, -0.15) is 0 Å². The molecule has 3 rings (SSSR count). The molecule has 0 saturated carbocycles. The Morgan fingerprint density at radius 3 is 2.16 bits per heavy atom. The van der Waals surface area contributed by atoms with Gasteiger partial charge < -0.3 is 5.73 Å².